The van der Waals surface area contributed by atoms with Crippen LogP contribution in [0.2, 0.25) is 0 Å². The van der Waals surface area contributed by atoms with Crippen LogP contribution < -0.4 is 4.90 Å². The predicted octanol–water partition coefficient (Wildman–Crippen LogP) is 5.83. The van der Waals surface area contributed by atoms with Crippen LogP contribution in [0.4, 0.5) is 5.69 Å². The summed E-state index contributed by atoms with van der Waals surface area (Å²) in [7, 11) is 1.61. The van der Waals surface area contributed by atoms with Gasteiger partial charge in [-0.1, -0.05) is 91.0 Å². The first-order valence-electron chi connectivity index (χ1n) is 10.4. The lowest BCUT2D eigenvalue weighted by Crippen LogP contribution is -2.40. The number of hydrogen-bond acceptors (Lipinski definition) is 2. The molecule has 0 saturated heterocycles. The Hall–Kier alpha value is -3.85. The highest BCUT2D eigenvalue weighted by molar-refractivity contribution is 6.14. The van der Waals surface area contributed by atoms with Gasteiger partial charge in [0, 0.05) is 5.69 Å². The van der Waals surface area contributed by atoms with Crippen molar-refractivity contribution in [3.63, 3.8) is 0 Å². The Kier molecular flexibility index (Phi) is 4.79. The summed E-state index contributed by atoms with van der Waals surface area (Å²) in [6, 6.07) is 32.6. The number of para-hydroxylation sites is 1. The zero-order chi connectivity index (χ0) is 21.3. The van der Waals surface area contributed by atoms with E-state index in [-0.39, 0.29) is 5.91 Å². The molecule has 1 amide bonds. The molecule has 0 bridgehead atoms. The third kappa shape index (κ3) is 3.01. The molecule has 4 aromatic carbocycles. The second-order valence-corrected chi connectivity index (χ2v) is 7.77. The van der Waals surface area contributed by atoms with Crippen LogP contribution in [0.15, 0.2) is 109 Å². The molecule has 0 radical (unpaired) electrons. The molecule has 0 spiro atoms. The van der Waals surface area contributed by atoms with E-state index in [1.165, 1.54) is 0 Å². The molecule has 0 saturated carbocycles. The fourth-order valence-electron chi connectivity index (χ4n) is 4.65. The molecule has 3 heteroatoms. The van der Waals surface area contributed by atoms with Crippen molar-refractivity contribution in [2.75, 3.05) is 12.0 Å². The maximum absolute atomic E-state index is 14.3. The Morgan fingerprint density at radius 1 is 0.806 bits per heavy atom. The number of carbonyl (C=O) groups excluding carboxylic acids is 1. The molecule has 1 aliphatic rings. The molecule has 1 atom stereocenters. The van der Waals surface area contributed by atoms with E-state index in [1.807, 2.05) is 65.6 Å². The summed E-state index contributed by atoms with van der Waals surface area (Å²) in [6.45, 7) is 0.518. The number of anilines is 1. The maximum atomic E-state index is 14.3. The zero-order valence-electron chi connectivity index (χ0n) is 17.4. The molecule has 0 aliphatic carbocycles. The number of amides is 1. The summed E-state index contributed by atoms with van der Waals surface area (Å²) in [4.78, 5) is 16.2. The molecule has 0 fully saturated rings. The molecule has 0 unspecified atom stereocenters. The molecule has 3 nitrogen and oxygen atoms in total. The lowest BCUT2D eigenvalue weighted by atomic mass is 9.73. The SMILES string of the molecule is CO/C=C/[C@@]1(c2cccc3ccccc23)C(=O)N(Cc2ccccc2)c2ccccc21. The first kappa shape index (κ1) is 19.1. The van der Waals surface area contributed by atoms with E-state index in [4.69, 9.17) is 4.74 Å². The van der Waals surface area contributed by atoms with Crippen LogP contribution in [0, 0.1) is 0 Å². The Bertz CT molecular complexity index is 1270. The quantitative estimate of drug-likeness (QED) is 0.391. The average Bonchev–Trinajstić information content (AvgIpc) is 3.06. The highest BCUT2D eigenvalue weighted by atomic mass is 16.5. The fraction of sp³-hybridized carbons (Fsp3) is 0.107. The van der Waals surface area contributed by atoms with Gasteiger partial charge in [-0.2, -0.15) is 0 Å². The highest BCUT2D eigenvalue weighted by Gasteiger charge is 2.51. The van der Waals surface area contributed by atoms with Crippen molar-refractivity contribution < 1.29 is 9.53 Å². The molecule has 1 heterocycles. The van der Waals surface area contributed by atoms with Crippen LogP contribution in [0.5, 0.6) is 0 Å². The van der Waals surface area contributed by atoms with Crippen molar-refractivity contribution in [2.24, 2.45) is 0 Å². The van der Waals surface area contributed by atoms with Crippen molar-refractivity contribution in [1.82, 2.24) is 0 Å². The van der Waals surface area contributed by atoms with E-state index < -0.39 is 5.41 Å². The van der Waals surface area contributed by atoms with E-state index in [9.17, 15) is 4.79 Å². The molecule has 1 aliphatic heterocycles. The van der Waals surface area contributed by atoms with Gasteiger partial charge >= 0.3 is 0 Å². The monoisotopic (exact) mass is 405 g/mol. The summed E-state index contributed by atoms with van der Waals surface area (Å²) >= 11 is 0. The van der Waals surface area contributed by atoms with Crippen molar-refractivity contribution in [3.8, 4) is 0 Å². The molecule has 4 aromatic rings. The Morgan fingerprint density at radius 3 is 2.32 bits per heavy atom. The Morgan fingerprint density at radius 2 is 1.48 bits per heavy atom. The van der Waals surface area contributed by atoms with Gasteiger partial charge in [-0.15, -0.1) is 0 Å². The van der Waals surface area contributed by atoms with E-state index in [0.717, 1.165) is 33.2 Å². The van der Waals surface area contributed by atoms with Crippen LogP contribution in [-0.2, 0) is 21.5 Å². The number of hydrogen-bond donors (Lipinski definition) is 0. The highest BCUT2D eigenvalue weighted by Crippen LogP contribution is 2.49. The molecule has 31 heavy (non-hydrogen) atoms. The maximum Gasteiger partial charge on any atom is 0.246 e. The van der Waals surface area contributed by atoms with Gasteiger partial charge in [-0.25, -0.2) is 0 Å². The van der Waals surface area contributed by atoms with Crippen LogP contribution in [-0.4, -0.2) is 13.0 Å². The zero-order valence-corrected chi connectivity index (χ0v) is 17.4. The Labute approximate surface area is 182 Å². The molecule has 5 rings (SSSR count). The van der Waals surface area contributed by atoms with Crippen LogP contribution in [0.1, 0.15) is 16.7 Å². The van der Waals surface area contributed by atoms with E-state index >= 15 is 0 Å². The standard InChI is InChI=1S/C28H23NO2/c1-31-19-18-28(24-16-9-13-22-12-5-6-14-23(22)24)25-15-7-8-17-26(25)29(27(28)30)20-21-10-3-2-4-11-21/h2-19H,20H2,1H3/b19-18+/t28-/m0/s1. The number of methoxy groups -OCH3 is 1. The van der Waals surface area contributed by atoms with E-state index in [0.29, 0.717) is 6.54 Å². The summed E-state index contributed by atoms with van der Waals surface area (Å²) in [5, 5.41) is 2.17. The van der Waals surface area contributed by atoms with Gasteiger partial charge in [0.15, 0.2) is 0 Å². The number of fused-ring (bicyclic) bond motifs is 2. The fourth-order valence-corrected chi connectivity index (χ4v) is 4.65. The van der Waals surface area contributed by atoms with E-state index in [2.05, 4.69) is 42.5 Å². The normalized spacial score (nSPS) is 18.0. The van der Waals surface area contributed by atoms with Gasteiger partial charge in [-0.05, 0) is 39.6 Å². The van der Waals surface area contributed by atoms with Crippen LogP contribution in [0.25, 0.3) is 10.8 Å². The molecular formula is C28H23NO2. The van der Waals surface area contributed by atoms with Crippen molar-refractivity contribution >= 4 is 22.4 Å². The number of rotatable bonds is 5. The number of benzene rings is 4. The minimum absolute atomic E-state index is 0.0298. The van der Waals surface area contributed by atoms with Gasteiger partial charge in [0.25, 0.3) is 0 Å². The van der Waals surface area contributed by atoms with Crippen molar-refractivity contribution in [3.05, 3.63) is 126 Å². The number of carbonyl (C=O) groups is 1. The smallest absolute Gasteiger partial charge is 0.246 e. The third-order valence-electron chi connectivity index (χ3n) is 6.05. The Balaban J connectivity index is 1.77. The van der Waals surface area contributed by atoms with E-state index in [1.54, 1.807) is 13.4 Å². The van der Waals surface area contributed by atoms with Crippen molar-refractivity contribution in [2.45, 2.75) is 12.0 Å². The first-order chi connectivity index (χ1) is 15.3. The number of ether oxygens (including phenoxy) is 1. The molecular weight excluding hydrogens is 382 g/mol. The minimum Gasteiger partial charge on any atom is -0.505 e. The predicted molar refractivity (Wildman–Crippen MR) is 125 cm³/mol. The lowest BCUT2D eigenvalue weighted by Gasteiger charge is -2.27. The van der Waals surface area contributed by atoms with Crippen molar-refractivity contribution in [1.29, 1.82) is 0 Å². The summed E-state index contributed by atoms with van der Waals surface area (Å²) < 4.78 is 5.33. The van der Waals surface area contributed by atoms with Gasteiger partial charge in [0.05, 0.1) is 19.9 Å². The molecule has 152 valence electrons. The average molecular weight is 405 g/mol. The van der Waals surface area contributed by atoms with Crippen LogP contribution >= 0.6 is 0 Å². The van der Waals surface area contributed by atoms with Gasteiger partial charge in [0.1, 0.15) is 5.41 Å². The molecule has 0 aromatic heterocycles. The van der Waals surface area contributed by atoms with Gasteiger partial charge < -0.3 is 9.64 Å². The topological polar surface area (TPSA) is 29.5 Å². The van der Waals surface area contributed by atoms with Gasteiger partial charge in [0.2, 0.25) is 5.91 Å². The number of nitrogens with zero attached hydrogens (tertiary/aromatic N) is 1. The van der Waals surface area contributed by atoms with Crippen LogP contribution in [0.3, 0.4) is 0 Å². The lowest BCUT2D eigenvalue weighted by molar-refractivity contribution is -0.120. The molecule has 0 N–H and O–H groups in total. The largest absolute Gasteiger partial charge is 0.505 e. The summed E-state index contributed by atoms with van der Waals surface area (Å²) in [6.07, 6.45) is 3.53. The second-order valence-electron chi connectivity index (χ2n) is 7.77. The minimum atomic E-state index is -0.956. The van der Waals surface area contributed by atoms with Gasteiger partial charge in [-0.3, -0.25) is 4.79 Å². The second kappa shape index (κ2) is 7.77. The summed E-state index contributed by atoms with van der Waals surface area (Å²) in [5.41, 5.74) is 3.01. The third-order valence-corrected chi connectivity index (χ3v) is 6.05. The first-order valence-corrected chi connectivity index (χ1v) is 10.4. The summed E-state index contributed by atoms with van der Waals surface area (Å²) in [5.74, 6) is 0.0298.